The smallest absolute Gasteiger partial charge is 0.320 e. The fourth-order valence-electron chi connectivity index (χ4n) is 4.82. The van der Waals surface area contributed by atoms with Gasteiger partial charge in [0, 0.05) is 12.2 Å². The van der Waals surface area contributed by atoms with E-state index in [4.69, 9.17) is 9.72 Å². The number of hydrogen-bond donors (Lipinski definition) is 2. The van der Waals surface area contributed by atoms with Gasteiger partial charge in [0.25, 0.3) is 0 Å². The molecule has 0 fully saturated rings. The molecule has 0 amide bonds. The maximum Gasteiger partial charge on any atom is 0.320 e. The summed E-state index contributed by atoms with van der Waals surface area (Å²) in [6.45, 7) is 13.5. The molecule has 0 spiro atoms. The molecule has 7 heteroatoms. The Morgan fingerprint density at radius 3 is 2.00 bits per heavy atom. The molecule has 0 aliphatic rings. The second kappa shape index (κ2) is 12.6. The van der Waals surface area contributed by atoms with Gasteiger partial charge in [0.05, 0.1) is 17.4 Å². The first-order valence-electron chi connectivity index (χ1n) is 12.0. The van der Waals surface area contributed by atoms with Gasteiger partial charge in [-0.25, -0.2) is 0 Å². The van der Waals surface area contributed by atoms with Gasteiger partial charge >= 0.3 is 11.9 Å². The third kappa shape index (κ3) is 6.42. The van der Waals surface area contributed by atoms with Crippen LogP contribution in [0, 0.1) is 26.7 Å². The molecular formula is C27H38N2O5. The highest BCUT2D eigenvalue weighted by Crippen LogP contribution is 2.34. The largest absolute Gasteiger partial charge is 0.481 e. The number of aryl methyl sites for hydroxylation is 3. The number of carbonyl (C=O) groups is 2. The Kier molecular flexibility index (Phi) is 10.2. The van der Waals surface area contributed by atoms with Gasteiger partial charge in [-0.15, -0.1) is 0 Å². The third-order valence-electron chi connectivity index (χ3n) is 5.95. The van der Waals surface area contributed by atoms with Crippen molar-refractivity contribution in [3.05, 3.63) is 52.7 Å². The van der Waals surface area contributed by atoms with Crippen molar-refractivity contribution in [1.29, 1.82) is 0 Å². The van der Waals surface area contributed by atoms with E-state index in [9.17, 15) is 19.8 Å². The van der Waals surface area contributed by atoms with Gasteiger partial charge in [-0.3, -0.25) is 19.5 Å². The van der Waals surface area contributed by atoms with E-state index in [1.54, 1.807) is 6.92 Å². The molecule has 2 rings (SSSR count). The molecule has 0 saturated heterocycles. The number of aliphatic carboxylic acids is 2. The van der Waals surface area contributed by atoms with Gasteiger partial charge in [-0.05, 0) is 76.9 Å². The highest BCUT2D eigenvalue weighted by atomic mass is 16.5. The lowest BCUT2D eigenvalue weighted by Gasteiger charge is -2.38. The molecule has 0 saturated carbocycles. The van der Waals surface area contributed by atoms with Gasteiger partial charge in [-0.1, -0.05) is 37.6 Å². The van der Waals surface area contributed by atoms with Gasteiger partial charge in [0.2, 0.25) is 0 Å². The van der Waals surface area contributed by atoms with Crippen molar-refractivity contribution < 1.29 is 24.5 Å². The van der Waals surface area contributed by atoms with Crippen molar-refractivity contribution in [3.8, 4) is 11.3 Å². The molecule has 186 valence electrons. The molecule has 7 nitrogen and oxygen atoms in total. The summed E-state index contributed by atoms with van der Waals surface area (Å²) < 4.78 is 5.88. The molecular weight excluding hydrogens is 432 g/mol. The van der Waals surface area contributed by atoms with Crippen LogP contribution < -0.4 is 0 Å². The zero-order valence-electron chi connectivity index (χ0n) is 21.2. The molecule has 0 aliphatic carbocycles. The van der Waals surface area contributed by atoms with Gasteiger partial charge in [0.1, 0.15) is 6.10 Å². The summed E-state index contributed by atoms with van der Waals surface area (Å²) in [5.41, 5.74) is 5.81. The fraction of sp³-hybridized carbons (Fsp3) is 0.519. The fourth-order valence-corrected chi connectivity index (χ4v) is 4.82. The zero-order chi connectivity index (χ0) is 25.4. The monoisotopic (exact) mass is 470 g/mol. The van der Waals surface area contributed by atoms with Crippen LogP contribution in [0.5, 0.6) is 0 Å². The van der Waals surface area contributed by atoms with Crippen molar-refractivity contribution in [1.82, 2.24) is 9.88 Å². The topological polar surface area (TPSA) is 100.0 Å². The highest BCUT2D eigenvalue weighted by molar-refractivity contribution is 5.93. The van der Waals surface area contributed by atoms with E-state index in [1.165, 1.54) is 5.56 Å². The first-order valence-corrected chi connectivity index (χ1v) is 12.0. The van der Waals surface area contributed by atoms with Crippen molar-refractivity contribution in [2.24, 2.45) is 5.92 Å². The molecule has 1 aromatic carbocycles. The van der Waals surface area contributed by atoms with Crippen LogP contribution in [0.1, 0.15) is 62.0 Å². The molecule has 2 aromatic rings. The summed E-state index contributed by atoms with van der Waals surface area (Å²) in [7, 11) is 0. The minimum atomic E-state index is -1.71. The van der Waals surface area contributed by atoms with Crippen LogP contribution in [0.15, 0.2) is 30.3 Å². The van der Waals surface area contributed by atoms with Crippen LogP contribution >= 0.6 is 0 Å². The van der Waals surface area contributed by atoms with Crippen LogP contribution in [-0.4, -0.2) is 57.8 Å². The van der Waals surface area contributed by atoms with Crippen LogP contribution in [0.2, 0.25) is 0 Å². The number of rotatable bonds is 13. The maximum atomic E-state index is 12.0. The lowest BCUT2D eigenvalue weighted by Crippen LogP contribution is -2.47. The molecule has 0 aliphatic heterocycles. The normalized spacial score (nSPS) is 13.3. The predicted molar refractivity (Wildman–Crippen MR) is 133 cm³/mol. The van der Waals surface area contributed by atoms with Crippen LogP contribution in [0.4, 0.5) is 0 Å². The van der Waals surface area contributed by atoms with E-state index in [0.717, 1.165) is 35.2 Å². The van der Waals surface area contributed by atoms with Gasteiger partial charge in [0.15, 0.2) is 5.92 Å². The van der Waals surface area contributed by atoms with Gasteiger partial charge in [-0.2, -0.15) is 0 Å². The summed E-state index contributed by atoms with van der Waals surface area (Å²) in [6.07, 6.45) is 0.563. The molecule has 1 heterocycles. The zero-order valence-corrected chi connectivity index (χ0v) is 21.2. The highest BCUT2D eigenvalue weighted by Gasteiger charge is 2.44. The Bertz CT molecular complexity index is 948. The average molecular weight is 471 g/mol. The second-order valence-corrected chi connectivity index (χ2v) is 8.78. The molecule has 1 aromatic heterocycles. The minimum absolute atomic E-state index is 0.195. The lowest BCUT2D eigenvalue weighted by atomic mass is 9.91. The number of nitrogens with zero attached hydrogens (tertiary/aromatic N) is 2. The van der Waals surface area contributed by atoms with E-state index in [-0.39, 0.29) is 6.61 Å². The molecule has 2 unspecified atom stereocenters. The van der Waals surface area contributed by atoms with E-state index in [1.807, 2.05) is 32.0 Å². The number of carboxylic acid groups (broad SMARTS) is 2. The number of benzene rings is 1. The van der Waals surface area contributed by atoms with E-state index < -0.39 is 30.0 Å². The second-order valence-electron chi connectivity index (χ2n) is 8.78. The number of hydrogen-bond acceptors (Lipinski definition) is 5. The Morgan fingerprint density at radius 2 is 1.53 bits per heavy atom. The van der Waals surface area contributed by atoms with Crippen LogP contribution in [-0.2, 0) is 14.3 Å². The SMILES string of the molecule is CCCN(CCC)C(c1cccc(-c2c(C)cc(C)cc2C)n1)C(OCC)C(C(=O)O)C(=O)O. The van der Waals surface area contributed by atoms with Crippen LogP contribution in [0.25, 0.3) is 11.3 Å². The van der Waals surface area contributed by atoms with E-state index in [0.29, 0.717) is 18.8 Å². The number of aromatic nitrogens is 1. The summed E-state index contributed by atoms with van der Waals surface area (Å²) >= 11 is 0. The van der Waals surface area contributed by atoms with E-state index in [2.05, 4.69) is 37.8 Å². The lowest BCUT2D eigenvalue weighted by molar-refractivity contribution is -0.165. The summed E-state index contributed by atoms with van der Waals surface area (Å²) in [4.78, 5) is 31.2. The standard InChI is InChI=1S/C27H38N2O5/c1-7-13-29(14-8-2)24(25(34-9-3)23(26(30)31)27(32)33)21-12-10-11-20(28-21)22-18(5)15-17(4)16-19(22)6/h10-12,15-16,23-25H,7-9,13-14H2,1-6H3,(H,30,31)(H,32,33). The first-order chi connectivity index (χ1) is 16.2. The third-order valence-corrected chi connectivity index (χ3v) is 5.95. The predicted octanol–water partition coefficient (Wildman–Crippen LogP) is 5.03. The van der Waals surface area contributed by atoms with Crippen molar-refractivity contribution in [2.45, 2.75) is 66.5 Å². The Morgan fingerprint density at radius 1 is 0.971 bits per heavy atom. The molecule has 34 heavy (non-hydrogen) atoms. The number of pyridine rings is 1. The van der Waals surface area contributed by atoms with Gasteiger partial charge < -0.3 is 14.9 Å². The van der Waals surface area contributed by atoms with E-state index >= 15 is 0 Å². The minimum Gasteiger partial charge on any atom is -0.481 e. The molecule has 2 N–H and O–H groups in total. The average Bonchev–Trinajstić information content (AvgIpc) is 2.73. The quantitative estimate of drug-likeness (QED) is 0.396. The Labute approximate surface area is 202 Å². The number of carboxylic acids is 2. The summed E-state index contributed by atoms with van der Waals surface area (Å²) in [5.74, 6) is -4.54. The van der Waals surface area contributed by atoms with Crippen molar-refractivity contribution in [3.63, 3.8) is 0 Å². The Hall–Kier alpha value is -2.77. The first kappa shape index (κ1) is 27.5. The maximum absolute atomic E-state index is 12.0. The molecule has 0 bridgehead atoms. The number of ether oxygens (including phenoxy) is 1. The van der Waals surface area contributed by atoms with Crippen LogP contribution in [0.3, 0.4) is 0 Å². The summed E-state index contributed by atoms with van der Waals surface area (Å²) in [5, 5.41) is 19.6. The van der Waals surface area contributed by atoms with Crippen molar-refractivity contribution in [2.75, 3.05) is 19.7 Å². The summed E-state index contributed by atoms with van der Waals surface area (Å²) in [6, 6.07) is 9.29. The van der Waals surface area contributed by atoms with Crippen molar-refractivity contribution >= 4 is 11.9 Å². The Balaban J connectivity index is 2.73. The molecule has 0 radical (unpaired) electrons. The molecule has 2 atom stereocenters.